The van der Waals surface area contributed by atoms with Crippen molar-refractivity contribution >= 4 is 29.3 Å². The smallest absolute Gasteiger partial charge is 0.304 e. The van der Waals surface area contributed by atoms with Gasteiger partial charge in [-0.2, -0.15) is 11.8 Å². The van der Waals surface area contributed by atoms with Crippen LogP contribution in [0.4, 0.5) is 0 Å². The van der Waals surface area contributed by atoms with Gasteiger partial charge in [-0.3, -0.25) is 4.79 Å². The van der Waals surface area contributed by atoms with E-state index in [2.05, 4.69) is 0 Å². The summed E-state index contributed by atoms with van der Waals surface area (Å²) >= 11 is 7.65. The molecule has 104 valence electrons. The molecule has 1 unspecified atom stereocenters. The van der Waals surface area contributed by atoms with Crippen molar-refractivity contribution in [2.75, 3.05) is 6.79 Å². The predicted octanol–water partition coefficient (Wildman–Crippen LogP) is 3.30. The van der Waals surface area contributed by atoms with Gasteiger partial charge in [0.15, 0.2) is 6.79 Å². The standard InChI is InChI=1S/C13H15ClO4S/c1-8(2-12(15)16)19-6-10-4-11(14)3-9-5-17-7-18-13(9)10/h3-4,8H,2,5-7H2,1H3,(H,15,16). The first kappa shape index (κ1) is 14.5. The molecular weight excluding hydrogens is 288 g/mol. The summed E-state index contributed by atoms with van der Waals surface area (Å²) in [5, 5.41) is 9.44. The molecule has 1 aliphatic heterocycles. The average molecular weight is 303 g/mol. The van der Waals surface area contributed by atoms with Crippen molar-refractivity contribution in [1.82, 2.24) is 0 Å². The van der Waals surface area contributed by atoms with E-state index in [4.69, 9.17) is 26.2 Å². The van der Waals surface area contributed by atoms with Crippen LogP contribution in [0.5, 0.6) is 5.75 Å². The van der Waals surface area contributed by atoms with Crippen molar-refractivity contribution in [2.24, 2.45) is 0 Å². The largest absolute Gasteiger partial charge is 0.481 e. The molecule has 0 bridgehead atoms. The first-order valence-electron chi connectivity index (χ1n) is 5.91. The van der Waals surface area contributed by atoms with E-state index >= 15 is 0 Å². The Morgan fingerprint density at radius 2 is 2.37 bits per heavy atom. The maximum atomic E-state index is 10.6. The number of carboxylic acids is 1. The van der Waals surface area contributed by atoms with Gasteiger partial charge in [0.1, 0.15) is 5.75 Å². The summed E-state index contributed by atoms with van der Waals surface area (Å²) in [4.78, 5) is 10.6. The van der Waals surface area contributed by atoms with Gasteiger partial charge >= 0.3 is 5.97 Å². The highest BCUT2D eigenvalue weighted by molar-refractivity contribution is 7.99. The van der Waals surface area contributed by atoms with E-state index in [9.17, 15) is 4.79 Å². The lowest BCUT2D eigenvalue weighted by molar-refractivity contribution is -0.136. The van der Waals surface area contributed by atoms with Gasteiger partial charge < -0.3 is 14.6 Å². The van der Waals surface area contributed by atoms with Gasteiger partial charge in [0.05, 0.1) is 13.0 Å². The molecule has 0 saturated carbocycles. The van der Waals surface area contributed by atoms with E-state index < -0.39 is 5.97 Å². The van der Waals surface area contributed by atoms with Gasteiger partial charge in [0.25, 0.3) is 0 Å². The molecule has 1 aliphatic rings. The van der Waals surface area contributed by atoms with Gasteiger partial charge in [-0.25, -0.2) is 0 Å². The lowest BCUT2D eigenvalue weighted by atomic mass is 10.1. The molecular formula is C13H15ClO4S. The molecule has 1 atom stereocenters. The molecule has 0 aliphatic carbocycles. The average Bonchev–Trinajstić information content (AvgIpc) is 2.35. The normalized spacial score (nSPS) is 15.5. The van der Waals surface area contributed by atoms with E-state index in [0.717, 1.165) is 16.9 Å². The van der Waals surface area contributed by atoms with Crippen LogP contribution in [0, 0.1) is 0 Å². The number of aliphatic carboxylic acids is 1. The number of hydrogen-bond acceptors (Lipinski definition) is 4. The third kappa shape index (κ3) is 4.03. The van der Waals surface area contributed by atoms with E-state index in [1.54, 1.807) is 11.8 Å². The highest BCUT2D eigenvalue weighted by Crippen LogP contribution is 2.34. The number of carboxylic acid groups (broad SMARTS) is 1. The van der Waals surface area contributed by atoms with Crippen LogP contribution in [0.1, 0.15) is 24.5 Å². The second-order valence-electron chi connectivity index (χ2n) is 4.38. The Morgan fingerprint density at radius 3 is 3.11 bits per heavy atom. The minimum Gasteiger partial charge on any atom is -0.481 e. The van der Waals surface area contributed by atoms with Crippen LogP contribution in [0.2, 0.25) is 5.02 Å². The van der Waals surface area contributed by atoms with E-state index in [-0.39, 0.29) is 18.5 Å². The zero-order chi connectivity index (χ0) is 13.8. The molecule has 19 heavy (non-hydrogen) atoms. The van der Waals surface area contributed by atoms with Crippen LogP contribution in [-0.4, -0.2) is 23.1 Å². The number of carbonyl (C=O) groups is 1. The Labute approximate surface area is 121 Å². The minimum atomic E-state index is -0.780. The molecule has 1 aromatic carbocycles. The monoisotopic (exact) mass is 302 g/mol. The Morgan fingerprint density at radius 1 is 1.58 bits per heavy atom. The predicted molar refractivity (Wildman–Crippen MR) is 74.7 cm³/mol. The summed E-state index contributed by atoms with van der Waals surface area (Å²) in [6.45, 7) is 2.65. The van der Waals surface area contributed by atoms with E-state index in [0.29, 0.717) is 17.4 Å². The topological polar surface area (TPSA) is 55.8 Å². The lowest BCUT2D eigenvalue weighted by Crippen LogP contribution is -2.13. The molecule has 0 spiro atoms. The third-order valence-corrected chi connectivity index (χ3v) is 4.17. The third-order valence-electron chi connectivity index (χ3n) is 2.74. The summed E-state index contributed by atoms with van der Waals surface area (Å²) < 4.78 is 10.7. The summed E-state index contributed by atoms with van der Waals surface area (Å²) in [7, 11) is 0. The number of ether oxygens (including phenoxy) is 2. The van der Waals surface area contributed by atoms with Crippen molar-refractivity contribution in [3.63, 3.8) is 0 Å². The van der Waals surface area contributed by atoms with Gasteiger partial charge in [0, 0.05) is 27.2 Å². The molecule has 1 heterocycles. The van der Waals surface area contributed by atoms with Crippen molar-refractivity contribution < 1.29 is 19.4 Å². The van der Waals surface area contributed by atoms with Crippen LogP contribution >= 0.6 is 23.4 Å². The highest BCUT2D eigenvalue weighted by atomic mass is 35.5. The number of thioether (sulfide) groups is 1. The van der Waals surface area contributed by atoms with Gasteiger partial charge in [-0.15, -0.1) is 0 Å². The van der Waals surface area contributed by atoms with Crippen molar-refractivity contribution in [2.45, 2.75) is 31.0 Å². The zero-order valence-electron chi connectivity index (χ0n) is 10.5. The van der Waals surface area contributed by atoms with Gasteiger partial charge in [-0.1, -0.05) is 18.5 Å². The van der Waals surface area contributed by atoms with Crippen molar-refractivity contribution in [1.29, 1.82) is 0 Å². The molecule has 1 N–H and O–H groups in total. The quantitative estimate of drug-likeness (QED) is 0.904. The number of rotatable bonds is 5. The minimum absolute atomic E-state index is 0.0481. The number of fused-ring (bicyclic) bond motifs is 1. The molecule has 0 radical (unpaired) electrons. The summed E-state index contributed by atoms with van der Waals surface area (Å²) in [5.74, 6) is 0.723. The van der Waals surface area contributed by atoms with Crippen LogP contribution < -0.4 is 4.74 Å². The fourth-order valence-electron chi connectivity index (χ4n) is 1.90. The highest BCUT2D eigenvalue weighted by Gasteiger charge is 2.17. The zero-order valence-corrected chi connectivity index (χ0v) is 12.1. The van der Waals surface area contributed by atoms with Crippen molar-refractivity contribution in [3.05, 3.63) is 28.3 Å². The second-order valence-corrected chi connectivity index (χ2v) is 6.25. The molecule has 4 nitrogen and oxygen atoms in total. The van der Waals surface area contributed by atoms with Gasteiger partial charge in [0.2, 0.25) is 0 Å². The molecule has 0 aromatic heterocycles. The summed E-state index contributed by atoms with van der Waals surface area (Å²) in [6, 6.07) is 3.71. The molecule has 1 aromatic rings. The maximum Gasteiger partial charge on any atom is 0.304 e. The Bertz CT molecular complexity index is 478. The number of halogens is 1. The van der Waals surface area contributed by atoms with E-state index in [1.807, 2.05) is 19.1 Å². The van der Waals surface area contributed by atoms with E-state index in [1.165, 1.54) is 0 Å². The SMILES string of the molecule is CC(CC(=O)O)SCc1cc(Cl)cc2c1OCOC2. The Hall–Kier alpha value is -0.910. The number of benzene rings is 1. The molecule has 0 saturated heterocycles. The first-order valence-corrected chi connectivity index (χ1v) is 7.34. The number of hydrogen-bond donors (Lipinski definition) is 1. The van der Waals surface area contributed by atoms with Crippen LogP contribution in [-0.2, 0) is 21.9 Å². The van der Waals surface area contributed by atoms with Crippen molar-refractivity contribution in [3.8, 4) is 5.75 Å². The lowest BCUT2D eigenvalue weighted by Gasteiger charge is -2.21. The maximum absolute atomic E-state index is 10.6. The fraction of sp³-hybridized carbons (Fsp3) is 0.462. The molecule has 2 rings (SSSR count). The second kappa shape index (κ2) is 6.50. The van der Waals surface area contributed by atoms with Crippen LogP contribution in [0.15, 0.2) is 12.1 Å². The summed E-state index contributed by atoms with van der Waals surface area (Å²) in [5.41, 5.74) is 1.94. The first-order chi connectivity index (χ1) is 9.06. The molecule has 0 fully saturated rings. The summed E-state index contributed by atoms with van der Waals surface area (Å²) in [6.07, 6.45) is 0.150. The Balaban J connectivity index is 2.07. The fourth-order valence-corrected chi connectivity index (χ4v) is 3.10. The Kier molecular flexibility index (Phi) is 4.96. The molecule has 6 heteroatoms. The van der Waals surface area contributed by atoms with Gasteiger partial charge in [-0.05, 0) is 12.1 Å². The van der Waals surface area contributed by atoms with Crippen LogP contribution in [0.3, 0.4) is 0 Å². The molecule has 0 amide bonds. The van der Waals surface area contributed by atoms with Crippen LogP contribution in [0.25, 0.3) is 0 Å².